The lowest BCUT2D eigenvalue weighted by Crippen LogP contribution is -2.42. The van der Waals surface area contributed by atoms with Crippen LogP contribution in [-0.4, -0.2) is 25.9 Å². The van der Waals surface area contributed by atoms with E-state index >= 15 is 0 Å². The molecule has 0 spiro atoms. The zero-order valence-electron chi connectivity index (χ0n) is 13.1. The van der Waals surface area contributed by atoms with Crippen LogP contribution >= 0.6 is 11.8 Å². The fourth-order valence-corrected chi connectivity index (χ4v) is 3.75. The van der Waals surface area contributed by atoms with Crippen molar-refractivity contribution in [1.29, 1.82) is 0 Å². The van der Waals surface area contributed by atoms with E-state index in [1.54, 1.807) is 0 Å². The third-order valence-corrected chi connectivity index (χ3v) is 9.99. The molecule has 0 saturated heterocycles. The molecule has 0 aliphatic rings. The van der Waals surface area contributed by atoms with Crippen LogP contribution in [0.2, 0.25) is 18.1 Å². The Morgan fingerprint density at radius 3 is 2.06 bits per heavy atom. The van der Waals surface area contributed by atoms with Gasteiger partial charge in [0.25, 0.3) is 0 Å². The van der Waals surface area contributed by atoms with E-state index in [-0.39, 0.29) is 0 Å². The Labute approximate surface area is 114 Å². The number of thioether (sulfide) groups is 1. The Bertz CT molecular complexity index is 211. The first-order valence-electron chi connectivity index (χ1n) is 6.91. The van der Waals surface area contributed by atoms with Crippen LogP contribution in [0, 0.1) is 5.92 Å². The summed E-state index contributed by atoms with van der Waals surface area (Å²) in [7, 11) is -1.56. The van der Waals surface area contributed by atoms with E-state index in [4.69, 9.17) is 4.43 Å². The van der Waals surface area contributed by atoms with Gasteiger partial charge >= 0.3 is 0 Å². The Morgan fingerprint density at radius 2 is 1.71 bits per heavy atom. The van der Waals surface area contributed by atoms with Crippen molar-refractivity contribution < 1.29 is 4.43 Å². The molecular weight excluding hydrogens is 244 g/mol. The SMILES string of the molecule is CCS[C@@H](CC)[C@@H](C)CO[Si](C)(C)C(C)(C)C. The molecule has 3 heteroatoms. The Kier molecular flexibility index (Phi) is 7.42. The fraction of sp³-hybridized carbons (Fsp3) is 1.00. The van der Waals surface area contributed by atoms with Crippen molar-refractivity contribution in [1.82, 2.24) is 0 Å². The van der Waals surface area contributed by atoms with Gasteiger partial charge in [-0.3, -0.25) is 0 Å². The molecule has 0 aromatic heterocycles. The van der Waals surface area contributed by atoms with Gasteiger partial charge in [-0.1, -0.05) is 41.5 Å². The van der Waals surface area contributed by atoms with Gasteiger partial charge in [0.2, 0.25) is 0 Å². The monoisotopic (exact) mass is 276 g/mol. The zero-order valence-corrected chi connectivity index (χ0v) is 14.9. The molecule has 0 amide bonds. The summed E-state index contributed by atoms with van der Waals surface area (Å²) >= 11 is 2.08. The highest BCUT2D eigenvalue weighted by atomic mass is 32.2. The van der Waals surface area contributed by atoms with E-state index < -0.39 is 8.32 Å². The number of hydrogen-bond donors (Lipinski definition) is 0. The first-order valence-corrected chi connectivity index (χ1v) is 10.9. The minimum atomic E-state index is -1.56. The van der Waals surface area contributed by atoms with Gasteiger partial charge < -0.3 is 4.43 Å². The second-order valence-electron chi connectivity index (χ2n) is 6.45. The molecule has 0 aromatic carbocycles. The van der Waals surface area contributed by atoms with E-state index in [0.717, 1.165) is 11.9 Å². The first kappa shape index (κ1) is 17.5. The minimum Gasteiger partial charge on any atom is -0.417 e. The molecule has 0 aromatic rings. The Balaban J connectivity index is 4.27. The summed E-state index contributed by atoms with van der Waals surface area (Å²) in [5, 5.41) is 1.08. The van der Waals surface area contributed by atoms with Crippen LogP contribution in [0.15, 0.2) is 0 Å². The smallest absolute Gasteiger partial charge is 0.191 e. The van der Waals surface area contributed by atoms with E-state index in [9.17, 15) is 0 Å². The van der Waals surface area contributed by atoms with Crippen molar-refractivity contribution in [2.24, 2.45) is 5.92 Å². The Morgan fingerprint density at radius 1 is 1.18 bits per heavy atom. The topological polar surface area (TPSA) is 9.23 Å². The van der Waals surface area contributed by atoms with Crippen LogP contribution in [0.3, 0.4) is 0 Å². The molecular formula is C14H32OSSi. The van der Waals surface area contributed by atoms with Crippen molar-refractivity contribution in [3.8, 4) is 0 Å². The van der Waals surface area contributed by atoms with Crippen molar-refractivity contribution in [3.05, 3.63) is 0 Å². The standard InChI is InChI=1S/C14H32OSSi/c1-9-13(16-10-2)12(3)11-15-17(7,8)14(4,5)6/h12-13H,9-11H2,1-8H3/t12-,13-/m0/s1. The van der Waals surface area contributed by atoms with Crippen molar-refractivity contribution in [3.63, 3.8) is 0 Å². The van der Waals surface area contributed by atoms with Crippen LogP contribution in [0.1, 0.15) is 48.0 Å². The van der Waals surface area contributed by atoms with Crippen LogP contribution < -0.4 is 0 Å². The average Bonchev–Trinajstić information content (AvgIpc) is 2.21. The predicted octanol–water partition coefficient (Wildman–Crippen LogP) is 5.18. The lowest BCUT2D eigenvalue weighted by molar-refractivity contribution is 0.233. The second-order valence-corrected chi connectivity index (χ2v) is 12.8. The van der Waals surface area contributed by atoms with Gasteiger partial charge in [0.1, 0.15) is 0 Å². The highest BCUT2D eigenvalue weighted by Crippen LogP contribution is 2.37. The predicted molar refractivity (Wildman–Crippen MR) is 84.5 cm³/mol. The molecule has 0 aliphatic heterocycles. The summed E-state index contributed by atoms with van der Waals surface area (Å²) in [6.45, 7) is 19.4. The third-order valence-electron chi connectivity index (χ3n) is 3.93. The van der Waals surface area contributed by atoms with Crippen LogP contribution in [0.25, 0.3) is 0 Å². The van der Waals surface area contributed by atoms with Gasteiger partial charge in [0.05, 0.1) is 0 Å². The van der Waals surface area contributed by atoms with Gasteiger partial charge in [-0.2, -0.15) is 11.8 Å². The molecule has 0 aliphatic carbocycles. The van der Waals surface area contributed by atoms with E-state index in [2.05, 4.69) is 66.4 Å². The summed E-state index contributed by atoms with van der Waals surface area (Å²) < 4.78 is 6.31. The summed E-state index contributed by atoms with van der Waals surface area (Å²) in [6.07, 6.45) is 1.25. The zero-order chi connectivity index (χ0) is 13.7. The average molecular weight is 277 g/mol. The third kappa shape index (κ3) is 5.80. The summed E-state index contributed by atoms with van der Waals surface area (Å²) in [4.78, 5) is 0. The van der Waals surface area contributed by atoms with E-state index in [1.807, 2.05) is 0 Å². The first-order chi connectivity index (χ1) is 7.65. The fourth-order valence-electron chi connectivity index (χ4n) is 1.56. The van der Waals surface area contributed by atoms with Crippen molar-refractivity contribution >= 4 is 20.1 Å². The van der Waals surface area contributed by atoms with E-state index in [0.29, 0.717) is 11.0 Å². The highest BCUT2D eigenvalue weighted by Gasteiger charge is 2.37. The van der Waals surface area contributed by atoms with Gasteiger partial charge in [0, 0.05) is 11.9 Å². The molecule has 0 N–H and O–H groups in total. The maximum Gasteiger partial charge on any atom is 0.191 e. The van der Waals surface area contributed by atoms with Gasteiger partial charge in [0.15, 0.2) is 8.32 Å². The quantitative estimate of drug-likeness (QED) is 0.593. The summed E-state index contributed by atoms with van der Waals surface area (Å²) in [6, 6.07) is 0. The van der Waals surface area contributed by atoms with Crippen LogP contribution in [0.5, 0.6) is 0 Å². The normalized spacial score (nSPS) is 16.9. The van der Waals surface area contributed by atoms with E-state index in [1.165, 1.54) is 12.2 Å². The lowest BCUT2D eigenvalue weighted by Gasteiger charge is -2.37. The molecule has 0 radical (unpaired) electrons. The largest absolute Gasteiger partial charge is 0.417 e. The molecule has 0 unspecified atom stereocenters. The van der Waals surface area contributed by atoms with Crippen molar-refractivity contribution in [2.75, 3.05) is 12.4 Å². The van der Waals surface area contributed by atoms with Crippen molar-refractivity contribution in [2.45, 2.75) is 71.3 Å². The molecule has 104 valence electrons. The minimum absolute atomic E-state index is 0.326. The molecule has 0 saturated carbocycles. The molecule has 17 heavy (non-hydrogen) atoms. The number of hydrogen-bond acceptors (Lipinski definition) is 2. The Hall–Kier alpha value is 0.527. The van der Waals surface area contributed by atoms with Gasteiger partial charge in [-0.15, -0.1) is 0 Å². The van der Waals surface area contributed by atoms with Gasteiger partial charge in [-0.25, -0.2) is 0 Å². The molecule has 0 rings (SSSR count). The summed E-state index contributed by atoms with van der Waals surface area (Å²) in [5.41, 5.74) is 0. The maximum absolute atomic E-state index is 6.31. The lowest BCUT2D eigenvalue weighted by atomic mass is 10.1. The molecule has 0 heterocycles. The second kappa shape index (κ2) is 7.20. The number of rotatable bonds is 7. The molecule has 0 bridgehead atoms. The maximum atomic E-state index is 6.31. The van der Waals surface area contributed by atoms with Gasteiger partial charge in [-0.05, 0) is 36.2 Å². The molecule has 1 nitrogen and oxygen atoms in total. The van der Waals surface area contributed by atoms with Crippen LogP contribution in [0.4, 0.5) is 0 Å². The highest BCUT2D eigenvalue weighted by molar-refractivity contribution is 7.99. The summed E-state index contributed by atoms with van der Waals surface area (Å²) in [5.74, 6) is 1.88. The molecule has 2 atom stereocenters. The van der Waals surface area contributed by atoms with Crippen LogP contribution in [-0.2, 0) is 4.43 Å². The molecule has 0 fully saturated rings.